The van der Waals surface area contributed by atoms with Gasteiger partial charge in [-0.3, -0.25) is 4.79 Å². The van der Waals surface area contributed by atoms with Gasteiger partial charge in [0.05, 0.1) is 6.61 Å². The first kappa shape index (κ1) is 12.2. The quantitative estimate of drug-likeness (QED) is 0.348. The minimum Gasteiger partial charge on any atom is -0.381 e. The fourth-order valence-corrected chi connectivity index (χ4v) is 1.29. The highest BCUT2D eigenvalue weighted by Crippen LogP contribution is 2.27. The lowest BCUT2D eigenvalue weighted by Gasteiger charge is -2.04. The maximum atomic E-state index is 11.4. The summed E-state index contributed by atoms with van der Waals surface area (Å²) >= 11 is 0. The molecule has 0 aliphatic heterocycles. The second-order valence-electron chi connectivity index (χ2n) is 4.06. The molecule has 0 saturated heterocycles. The first-order valence-electron chi connectivity index (χ1n) is 5.69. The molecule has 15 heavy (non-hydrogen) atoms. The fourth-order valence-electron chi connectivity index (χ4n) is 1.29. The van der Waals surface area contributed by atoms with Crippen LogP contribution in [0.1, 0.15) is 39.0 Å². The summed E-state index contributed by atoms with van der Waals surface area (Å²) in [6.07, 6.45) is 6.32. The van der Waals surface area contributed by atoms with E-state index in [1.165, 1.54) is 5.57 Å². The van der Waals surface area contributed by atoms with E-state index in [0.29, 0.717) is 13.0 Å². The smallest absolute Gasteiger partial charge is 0.159 e. The molecule has 1 rings (SSSR count). The molecule has 0 amide bonds. The Bertz CT molecular complexity index is 258. The van der Waals surface area contributed by atoms with Crippen molar-refractivity contribution < 1.29 is 9.53 Å². The molecule has 0 aromatic rings. The second-order valence-corrected chi connectivity index (χ2v) is 4.06. The summed E-state index contributed by atoms with van der Waals surface area (Å²) in [7, 11) is 0. The number of allylic oxidation sites excluding steroid dienone is 2. The van der Waals surface area contributed by atoms with Crippen molar-refractivity contribution in [2.45, 2.75) is 39.0 Å². The van der Waals surface area contributed by atoms with Gasteiger partial charge in [0.2, 0.25) is 0 Å². The number of rotatable bonds is 8. The van der Waals surface area contributed by atoms with Gasteiger partial charge in [-0.25, -0.2) is 0 Å². The molecule has 0 aromatic carbocycles. The van der Waals surface area contributed by atoms with E-state index in [4.69, 9.17) is 4.74 Å². The van der Waals surface area contributed by atoms with Gasteiger partial charge in [0.25, 0.3) is 0 Å². The Hall–Kier alpha value is -0.890. The zero-order valence-corrected chi connectivity index (χ0v) is 9.55. The Morgan fingerprint density at radius 2 is 2.20 bits per heavy atom. The van der Waals surface area contributed by atoms with Crippen LogP contribution < -0.4 is 0 Å². The summed E-state index contributed by atoms with van der Waals surface area (Å²) in [5.74, 6) is 0.197. The van der Waals surface area contributed by atoms with Crippen molar-refractivity contribution in [1.82, 2.24) is 0 Å². The SMILES string of the molecule is C=C(CCOCCC)CC(=O)C=C1CC1. The van der Waals surface area contributed by atoms with Crippen LogP contribution >= 0.6 is 0 Å². The summed E-state index contributed by atoms with van der Waals surface area (Å²) in [5, 5.41) is 0. The molecule has 0 radical (unpaired) electrons. The van der Waals surface area contributed by atoms with E-state index in [-0.39, 0.29) is 5.78 Å². The topological polar surface area (TPSA) is 26.3 Å². The standard InChI is InChI=1S/C13H20O2/c1-3-7-15-8-6-11(2)9-13(14)10-12-4-5-12/h10H,2-9H2,1H3. The van der Waals surface area contributed by atoms with Gasteiger partial charge in [0.1, 0.15) is 0 Å². The summed E-state index contributed by atoms with van der Waals surface area (Å²) in [6.45, 7) is 7.46. The molecule has 2 heteroatoms. The molecule has 0 N–H and O–H groups in total. The Morgan fingerprint density at radius 1 is 1.47 bits per heavy atom. The van der Waals surface area contributed by atoms with Gasteiger partial charge in [-0.05, 0) is 31.8 Å². The first-order valence-corrected chi connectivity index (χ1v) is 5.69. The van der Waals surface area contributed by atoms with Crippen LogP contribution in [0, 0.1) is 0 Å². The predicted octanol–water partition coefficient (Wildman–Crippen LogP) is 3.04. The van der Waals surface area contributed by atoms with Crippen LogP contribution in [0.25, 0.3) is 0 Å². The van der Waals surface area contributed by atoms with Gasteiger partial charge in [0.15, 0.2) is 5.78 Å². The van der Waals surface area contributed by atoms with E-state index in [9.17, 15) is 4.79 Å². The van der Waals surface area contributed by atoms with E-state index in [1.54, 1.807) is 6.08 Å². The van der Waals surface area contributed by atoms with Crippen molar-refractivity contribution in [3.8, 4) is 0 Å². The molecule has 0 aromatic heterocycles. The van der Waals surface area contributed by atoms with Crippen LogP contribution in [0.5, 0.6) is 0 Å². The van der Waals surface area contributed by atoms with Crippen LogP contribution in [0.2, 0.25) is 0 Å². The minimum absolute atomic E-state index is 0.197. The maximum absolute atomic E-state index is 11.4. The minimum atomic E-state index is 0.197. The van der Waals surface area contributed by atoms with Gasteiger partial charge >= 0.3 is 0 Å². The molecule has 1 fully saturated rings. The third kappa shape index (κ3) is 6.24. The Balaban J connectivity index is 2.07. The largest absolute Gasteiger partial charge is 0.381 e. The molecule has 0 atom stereocenters. The molecule has 0 heterocycles. The molecule has 1 saturated carbocycles. The zero-order chi connectivity index (χ0) is 11.1. The second kappa shape index (κ2) is 6.57. The number of hydrogen-bond acceptors (Lipinski definition) is 2. The molecule has 1 aliphatic carbocycles. The molecule has 0 unspecified atom stereocenters. The molecule has 0 bridgehead atoms. The fraction of sp³-hybridized carbons (Fsp3) is 0.615. The van der Waals surface area contributed by atoms with Crippen LogP contribution in [0.4, 0.5) is 0 Å². The zero-order valence-electron chi connectivity index (χ0n) is 9.55. The molecule has 84 valence electrons. The van der Waals surface area contributed by atoms with Crippen molar-refractivity contribution in [3.63, 3.8) is 0 Å². The average Bonchev–Trinajstić information content (AvgIpc) is 2.96. The van der Waals surface area contributed by atoms with Crippen LogP contribution in [-0.4, -0.2) is 19.0 Å². The molecule has 2 nitrogen and oxygen atoms in total. The number of ether oxygens (including phenoxy) is 1. The van der Waals surface area contributed by atoms with Crippen LogP contribution in [0.15, 0.2) is 23.8 Å². The van der Waals surface area contributed by atoms with Crippen molar-refractivity contribution >= 4 is 5.78 Å². The Kier molecular flexibility index (Phi) is 5.33. The lowest BCUT2D eigenvalue weighted by Crippen LogP contribution is -2.00. The van der Waals surface area contributed by atoms with Crippen LogP contribution in [-0.2, 0) is 9.53 Å². The molecular weight excluding hydrogens is 188 g/mol. The summed E-state index contributed by atoms with van der Waals surface area (Å²) in [6, 6.07) is 0. The van der Waals surface area contributed by atoms with Gasteiger partial charge in [-0.1, -0.05) is 24.6 Å². The Labute approximate surface area is 92.0 Å². The summed E-state index contributed by atoms with van der Waals surface area (Å²) in [5.41, 5.74) is 2.27. The molecule has 0 spiro atoms. The first-order chi connectivity index (χ1) is 7.22. The van der Waals surface area contributed by atoms with Gasteiger partial charge in [-0.15, -0.1) is 0 Å². The number of carbonyl (C=O) groups is 1. The average molecular weight is 208 g/mol. The molecular formula is C13H20O2. The highest BCUT2D eigenvalue weighted by Gasteiger charge is 2.13. The van der Waals surface area contributed by atoms with Crippen molar-refractivity contribution in [3.05, 3.63) is 23.8 Å². The number of hydrogen-bond donors (Lipinski definition) is 0. The van der Waals surface area contributed by atoms with Crippen molar-refractivity contribution in [2.75, 3.05) is 13.2 Å². The normalized spacial score (nSPS) is 13.8. The third-order valence-corrected chi connectivity index (χ3v) is 2.28. The van der Waals surface area contributed by atoms with E-state index >= 15 is 0 Å². The van der Waals surface area contributed by atoms with E-state index in [0.717, 1.165) is 37.9 Å². The Morgan fingerprint density at radius 3 is 2.80 bits per heavy atom. The third-order valence-electron chi connectivity index (χ3n) is 2.28. The van der Waals surface area contributed by atoms with Crippen molar-refractivity contribution in [1.29, 1.82) is 0 Å². The summed E-state index contributed by atoms with van der Waals surface area (Å²) < 4.78 is 5.34. The highest BCUT2D eigenvalue weighted by molar-refractivity contribution is 5.92. The van der Waals surface area contributed by atoms with E-state index < -0.39 is 0 Å². The van der Waals surface area contributed by atoms with E-state index in [1.807, 2.05) is 0 Å². The van der Waals surface area contributed by atoms with Crippen molar-refractivity contribution in [2.24, 2.45) is 0 Å². The van der Waals surface area contributed by atoms with Gasteiger partial charge in [0, 0.05) is 13.0 Å². The lowest BCUT2D eigenvalue weighted by atomic mass is 10.1. The maximum Gasteiger partial charge on any atom is 0.159 e. The van der Waals surface area contributed by atoms with E-state index in [2.05, 4.69) is 13.5 Å². The predicted molar refractivity (Wildman–Crippen MR) is 61.8 cm³/mol. The van der Waals surface area contributed by atoms with Gasteiger partial charge < -0.3 is 4.74 Å². The lowest BCUT2D eigenvalue weighted by molar-refractivity contribution is -0.114. The monoisotopic (exact) mass is 208 g/mol. The highest BCUT2D eigenvalue weighted by atomic mass is 16.5. The number of carbonyl (C=O) groups excluding carboxylic acids is 1. The number of ketones is 1. The summed E-state index contributed by atoms with van der Waals surface area (Å²) in [4.78, 5) is 11.4. The van der Waals surface area contributed by atoms with Crippen LogP contribution in [0.3, 0.4) is 0 Å². The molecule has 1 aliphatic rings. The van der Waals surface area contributed by atoms with Gasteiger partial charge in [-0.2, -0.15) is 0 Å².